The molecule has 1 amide bonds. The second-order valence-corrected chi connectivity index (χ2v) is 4.71. The number of rotatable bonds is 3. The van der Waals surface area contributed by atoms with Crippen LogP contribution < -0.4 is 11.1 Å². The number of amides is 1. The highest BCUT2D eigenvalue weighted by Gasteiger charge is 2.22. The van der Waals surface area contributed by atoms with E-state index in [0.717, 1.165) is 31.6 Å². The Morgan fingerprint density at radius 1 is 1.32 bits per heavy atom. The molecule has 19 heavy (non-hydrogen) atoms. The predicted octanol–water partition coefficient (Wildman–Crippen LogP) is 1.42. The lowest BCUT2D eigenvalue weighted by atomic mass is 10.3. The number of nitrogens with zero attached hydrogens (tertiary/aromatic N) is 2. The van der Waals surface area contributed by atoms with Crippen LogP contribution in [0.15, 0.2) is 35.3 Å². The zero-order valence-corrected chi connectivity index (χ0v) is 11.2. The molecule has 5 nitrogen and oxygen atoms in total. The van der Waals surface area contributed by atoms with Crippen LogP contribution in [0.1, 0.15) is 19.8 Å². The molecule has 1 aliphatic heterocycles. The number of hydrogen-bond donors (Lipinski definition) is 2. The number of para-hydroxylation sites is 1. The molecule has 1 atom stereocenters. The quantitative estimate of drug-likeness (QED) is 0.638. The van der Waals surface area contributed by atoms with Gasteiger partial charge in [-0.3, -0.25) is 4.79 Å². The van der Waals surface area contributed by atoms with Crippen LogP contribution >= 0.6 is 0 Å². The third-order valence-corrected chi connectivity index (χ3v) is 3.15. The molecule has 1 heterocycles. The van der Waals surface area contributed by atoms with Gasteiger partial charge in [-0.15, -0.1) is 0 Å². The Labute approximate surface area is 113 Å². The van der Waals surface area contributed by atoms with Gasteiger partial charge in [-0.2, -0.15) is 0 Å². The Balaban J connectivity index is 1.93. The molecule has 1 aromatic carbocycles. The van der Waals surface area contributed by atoms with Crippen molar-refractivity contribution in [1.29, 1.82) is 0 Å². The lowest BCUT2D eigenvalue weighted by Gasteiger charge is -2.18. The van der Waals surface area contributed by atoms with Crippen molar-refractivity contribution < 1.29 is 4.79 Å². The van der Waals surface area contributed by atoms with Crippen molar-refractivity contribution in [2.45, 2.75) is 25.8 Å². The minimum atomic E-state index is -0.436. The molecule has 5 heteroatoms. The lowest BCUT2D eigenvalue weighted by molar-refractivity contribution is -0.131. The number of carbonyl (C=O) groups is 1. The summed E-state index contributed by atoms with van der Waals surface area (Å²) in [6, 6.07) is 9.11. The second kappa shape index (κ2) is 6.22. The number of nitrogens with two attached hydrogens (primary N) is 1. The molecule has 1 aromatic rings. The number of carbonyl (C=O) groups excluding carboxylic acids is 1. The first kappa shape index (κ1) is 13.4. The van der Waals surface area contributed by atoms with E-state index in [9.17, 15) is 4.79 Å². The summed E-state index contributed by atoms with van der Waals surface area (Å²) in [7, 11) is 0. The van der Waals surface area contributed by atoms with Crippen molar-refractivity contribution >= 4 is 17.6 Å². The maximum Gasteiger partial charge on any atom is 0.247 e. The van der Waals surface area contributed by atoms with Gasteiger partial charge in [0.2, 0.25) is 5.91 Å². The molecule has 0 bridgehead atoms. The molecule has 1 unspecified atom stereocenters. The van der Waals surface area contributed by atoms with E-state index in [2.05, 4.69) is 10.3 Å². The SMILES string of the molecule is CC(N=C(N)Nc1ccccc1)C(=O)N1CCCC1. The van der Waals surface area contributed by atoms with Crippen LogP contribution in [-0.2, 0) is 4.79 Å². The zero-order valence-electron chi connectivity index (χ0n) is 11.2. The summed E-state index contributed by atoms with van der Waals surface area (Å²) in [6.07, 6.45) is 2.17. The van der Waals surface area contributed by atoms with Crippen LogP contribution in [0.25, 0.3) is 0 Å². The van der Waals surface area contributed by atoms with Crippen molar-refractivity contribution in [2.24, 2.45) is 10.7 Å². The molecular formula is C14H20N4O. The maximum atomic E-state index is 12.1. The average Bonchev–Trinajstić information content (AvgIpc) is 2.92. The highest BCUT2D eigenvalue weighted by Crippen LogP contribution is 2.10. The van der Waals surface area contributed by atoms with E-state index in [0.29, 0.717) is 0 Å². The average molecular weight is 260 g/mol. The normalized spacial score (nSPS) is 17.3. The van der Waals surface area contributed by atoms with Crippen molar-refractivity contribution in [1.82, 2.24) is 4.90 Å². The van der Waals surface area contributed by atoms with Gasteiger partial charge >= 0.3 is 0 Å². The molecule has 0 radical (unpaired) electrons. The fourth-order valence-corrected chi connectivity index (χ4v) is 2.17. The molecule has 1 fully saturated rings. The fourth-order valence-electron chi connectivity index (χ4n) is 2.17. The van der Waals surface area contributed by atoms with E-state index in [4.69, 9.17) is 5.73 Å². The number of anilines is 1. The molecule has 3 N–H and O–H groups in total. The number of hydrogen-bond acceptors (Lipinski definition) is 2. The lowest BCUT2D eigenvalue weighted by Crippen LogP contribution is -2.36. The zero-order chi connectivity index (χ0) is 13.7. The van der Waals surface area contributed by atoms with Gasteiger partial charge in [-0.05, 0) is 31.9 Å². The minimum absolute atomic E-state index is 0.0512. The predicted molar refractivity (Wildman–Crippen MR) is 77.0 cm³/mol. The van der Waals surface area contributed by atoms with Gasteiger partial charge < -0.3 is 16.0 Å². The van der Waals surface area contributed by atoms with Crippen molar-refractivity contribution in [2.75, 3.05) is 18.4 Å². The molecule has 0 aliphatic carbocycles. The van der Waals surface area contributed by atoms with Crippen LogP contribution in [0, 0.1) is 0 Å². The highest BCUT2D eigenvalue weighted by molar-refractivity contribution is 5.94. The molecule has 1 saturated heterocycles. The highest BCUT2D eigenvalue weighted by atomic mass is 16.2. The number of benzene rings is 1. The maximum absolute atomic E-state index is 12.1. The smallest absolute Gasteiger partial charge is 0.247 e. The van der Waals surface area contributed by atoms with E-state index in [1.54, 1.807) is 6.92 Å². The first-order chi connectivity index (χ1) is 9.16. The van der Waals surface area contributed by atoms with Gasteiger partial charge in [0.05, 0.1) is 0 Å². The number of guanidine groups is 1. The molecule has 0 aromatic heterocycles. The number of nitrogens with one attached hydrogen (secondary N) is 1. The summed E-state index contributed by atoms with van der Waals surface area (Å²) in [5.74, 6) is 0.321. The van der Waals surface area contributed by atoms with Gasteiger partial charge in [0.25, 0.3) is 0 Å². The summed E-state index contributed by atoms with van der Waals surface area (Å²) < 4.78 is 0. The third-order valence-electron chi connectivity index (χ3n) is 3.15. The van der Waals surface area contributed by atoms with Gasteiger partial charge in [-0.1, -0.05) is 18.2 Å². The first-order valence-corrected chi connectivity index (χ1v) is 6.61. The number of aliphatic imine (C=N–C) groups is 1. The molecule has 0 saturated carbocycles. The summed E-state index contributed by atoms with van der Waals surface area (Å²) in [5, 5.41) is 2.98. The summed E-state index contributed by atoms with van der Waals surface area (Å²) in [6.45, 7) is 3.45. The Morgan fingerprint density at radius 3 is 2.58 bits per heavy atom. The summed E-state index contributed by atoms with van der Waals surface area (Å²) >= 11 is 0. The van der Waals surface area contributed by atoms with Crippen LogP contribution in [0.5, 0.6) is 0 Å². The third kappa shape index (κ3) is 3.71. The molecule has 102 valence electrons. The summed E-state index contributed by atoms with van der Waals surface area (Å²) in [4.78, 5) is 18.1. The first-order valence-electron chi connectivity index (χ1n) is 6.61. The van der Waals surface area contributed by atoms with Crippen molar-refractivity contribution in [3.8, 4) is 0 Å². The second-order valence-electron chi connectivity index (χ2n) is 4.71. The van der Waals surface area contributed by atoms with Crippen LogP contribution in [0.3, 0.4) is 0 Å². The summed E-state index contributed by atoms with van der Waals surface area (Å²) in [5.41, 5.74) is 6.68. The van der Waals surface area contributed by atoms with Crippen LogP contribution in [0.2, 0.25) is 0 Å². The van der Waals surface area contributed by atoms with Crippen LogP contribution in [0.4, 0.5) is 5.69 Å². The topological polar surface area (TPSA) is 70.7 Å². The van der Waals surface area contributed by atoms with Gasteiger partial charge in [0.15, 0.2) is 5.96 Å². The van der Waals surface area contributed by atoms with Crippen molar-refractivity contribution in [3.05, 3.63) is 30.3 Å². The number of likely N-dealkylation sites (tertiary alicyclic amines) is 1. The Kier molecular flexibility index (Phi) is 4.39. The largest absolute Gasteiger partial charge is 0.370 e. The van der Waals surface area contributed by atoms with E-state index < -0.39 is 6.04 Å². The van der Waals surface area contributed by atoms with Crippen LogP contribution in [-0.4, -0.2) is 35.9 Å². The van der Waals surface area contributed by atoms with E-state index in [1.807, 2.05) is 35.2 Å². The van der Waals surface area contributed by atoms with Crippen molar-refractivity contribution in [3.63, 3.8) is 0 Å². The Hall–Kier alpha value is -2.04. The van der Waals surface area contributed by atoms with E-state index in [-0.39, 0.29) is 11.9 Å². The fraction of sp³-hybridized carbons (Fsp3) is 0.429. The Bertz CT molecular complexity index is 452. The molecule has 0 spiro atoms. The van der Waals surface area contributed by atoms with E-state index in [1.165, 1.54) is 0 Å². The van der Waals surface area contributed by atoms with E-state index >= 15 is 0 Å². The van der Waals surface area contributed by atoms with Gasteiger partial charge in [-0.25, -0.2) is 4.99 Å². The van der Waals surface area contributed by atoms with Gasteiger partial charge in [0, 0.05) is 18.8 Å². The standard InChI is InChI=1S/C14H20N4O/c1-11(13(19)18-9-5-6-10-18)16-14(15)17-12-7-3-2-4-8-12/h2-4,7-8,11H,5-6,9-10H2,1H3,(H3,15,16,17). The minimum Gasteiger partial charge on any atom is -0.370 e. The molecular weight excluding hydrogens is 240 g/mol. The van der Waals surface area contributed by atoms with Gasteiger partial charge in [0.1, 0.15) is 6.04 Å². The molecule has 1 aliphatic rings. The monoisotopic (exact) mass is 260 g/mol. The Morgan fingerprint density at radius 2 is 1.95 bits per heavy atom. The molecule has 2 rings (SSSR count).